The molecule has 0 bridgehead atoms. The molecule has 0 aromatic rings. The molecule has 1 heterocycles. The lowest BCUT2D eigenvalue weighted by atomic mass is 10.1. The minimum absolute atomic E-state index is 0.541. The van der Waals surface area contributed by atoms with E-state index in [2.05, 4.69) is 0 Å². The van der Waals surface area contributed by atoms with Gasteiger partial charge in [0.05, 0.1) is 0 Å². The molecular formula is C8H4F9NO2S. The van der Waals surface area contributed by atoms with Crippen molar-refractivity contribution in [2.75, 3.05) is 0 Å². The molecule has 0 saturated carbocycles. The number of carbonyl (C=O) groups is 2. The fraction of sp³-hybridized carbons (Fsp3) is 0.750. The van der Waals surface area contributed by atoms with E-state index in [0.717, 1.165) is 0 Å². The molecule has 122 valence electrons. The van der Waals surface area contributed by atoms with Crippen molar-refractivity contribution in [2.24, 2.45) is 0 Å². The minimum atomic E-state index is -7.05. The SMILES string of the molecule is O=C1CCC(=O)N1SC(F)(F)C(F)(F)C(F)(F)C(F)(F)F. The molecule has 0 aliphatic carbocycles. The maximum absolute atomic E-state index is 13.1. The molecule has 13 heteroatoms. The summed E-state index contributed by atoms with van der Waals surface area (Å²) in [5, 5.41) is -6.04. The van der Waals surface area contributed by atoms with E-state index >= 15 is 0 Å². The summed E-state index contributed by atoms with van der Waals surface area (Å²) in [6, 6.07) is 0. The first-order valence-corrected chi connectivity index (χ1v) is 5.67. The number of halogens is 9. The minimum Gasteiger partial charge on any atom is -0.273 e. The molecule has 0 aromatic carbocycles. The van der Waals surface area contributed by atoms with Gasteiger partial charge in [0.25, 0.3) is 0 Å². The lowest BCUT2D eigenvalue weighted by molar-refractivity contribution is -0.381. The van der Waals surface area contributed by atoms with Crippen LogP contribution in [0.5, 0.6) is 0 Å². The van der Waals surface area contributed by atoms with Crippen LogP contribution in [-0.4, -0.2) is 39.4 Å². The zero-order valence-electron chi connectivity index (χ0n) is 9.49. The summed E-state index contributed by atoms with van der Waals surface area (Å²) in [6.45, 7) is 0. The van der Waals surface area contributed by atoms with Gasteiger partial charge >= 0.3 is 23.3 Å². The van der Waals surface area contributed by atoms with Gasteiger partial charge in [-0.3, -0.25) is 9.59 Å². The Balaban J connectivity index is 3.10. The monoisotopic (exact) mass is 349 g/mol. The molecule has 1 saturated heterocycles. The lowest BCUT2D eigenvalue weighted by Crippen LogP contribution is -2.60. The highest BCUT2D eigenvalue weighted by atomic mass is 32.2. The first-order valence-electron chi connectivity index (χ1n) is 4.90. The standard InChI is InChI=1S/C8H4F9NO2S/c9-5(10,7(13,14)15)6(11,12)8(16,17)21-18-3(19)1-2-4(18)20/h1-2H2. The molecule has 1 rings (SSSR count). The highest BCUT2D eigenvalue weighted by Gasteiger charge is 2.82. The molecule has 1 aliphatic rings. The van der Waals surface area contributed by atoms with E-state index in [4.69, 9.17) is 0 Å². The van der Waals surface area contributed by atoms with Gasteiger partial charge in [-0.05, 0) is 0 Å². The zero-order chi connectivity index (χ0) is 16.9. The largest absolute Gasteiger partial charge is 0.460 e. The van der Waals surface area contributed by atoms with Crippen molar-refractivity contribution in [3.63, 3.8) is 0 Å². The predicted molar refractivity (Wildman–Crippen MR) is 49.6 cm³/mol. The molecule has 3 nitrogen and oxygen atoms in total. The van der Waals surface area contributed by atoms with Crippen molar-refractivity contribution < 1.29 is 49.1 Å². The van der Waals surface area contributed by atoms with Crippen LogP contribution >= 0.6 is 11.9 Å². The van der Waals surface area contributed by atoms with Crippen molar-refractivity contribution >= 4 is 23.8 Å². The first kappa shape index (κ1) is 17.9. The number of hydrogen-bond acceptors (Lipinski definition) is 3. The summed E-state index contributed by atoms with van der Waals surface area (Å²) in [6.07, 6.45) is -8.22. The van der Waals surface area contributed by atoms with Crippen molar-refractivity contribution in [3.05, 3.63) is 0 Å². The number of imide groups is 1. The molecule has 0 radical (unpaired) electrons. The molecule has 0 unspecified atom stereocenters. The Morgan fingerprint density at radius 2 is 1.14 bits per heavy atom. The van der Waals surface area contributed by atoms with Crippen LogP contribution in [0.25, 0.3) is 0 Å². The normalized spacial score (nSPS) is 18.6. The highest BCUT2D eigenvalue weighted by Crippen LogP contribution is 2.57. The molecular weight excluding hydrogens is 345 g/mol. The lowest BCUT2D eigenvalue weighted by Gasteiger charge is -2.33. The second-order valence-corrected chi connectivity index (χ2v) is 4.90. The molecule has 1 aliphatic heterocycles. The maximum Gasteiger partial charge on any atom is 0.460 e. The number of nitrogens with zero attached hydrogens (tertiary/aromatic N) is 1. The average molecular weight is 349 g/mol. The molecule has 0 N–H and O–H groups in total. The average Bonchev–Trinajstić information content (AvgIpc) is 2.58. The summed E-state index contributed by atoms with van der Waals surface area (Å²) in [5.74, 6) is -16.7. The van der Waals surface area contributed by atoms with Gasteiger partial charge < -0.3 is 0 Å². The van der Waals surface area contributed by atoms with Crippen LogP contribution in [0.2, 0.25) is 0 Å². The van der Waals surface area contributed by atoms with E-state index in [1.165, 1.54) is 0 Å². The van der Waals surface area contributed by atoms with Gasteiger partial charge in [-0.25, -0.2) is 4.31 Å². The number of alkyl halides is 9. The van der Waals surface area contributed by atoms with Gasteiger partial charge in [0.2, 0.25) is 11.8 Å². The summed E-state index contributed by atoms with van der Waals surface area (Å²) in [4.78, 5) is 21.9. The van der Waals surface area contributed by atoms with Gasteiger partial charge in [0.1, 0.15) is 0 Å². The van der Waals surface area contributed by atoms with E-state index in [9.17, 15) is 49.1 Å². The maximum atomic E-state index is 13.1. The third-order valence-electron chi connectivity index (χ3n) is 2.33. The van der Waals surface area contributed by atoms with Gasteiger partial charge in [0, 0.05) is 24.8 Å². The highest BCUT2D eigenvalue weighted by molar-refractivity contribution is 7.99. The van der Waals surface area contributed by atoms with E-state index < -0.39 is 64.2 Å². The van der Waals surface area contributed by atoms with E-state index in [-0.39, 0.29) is 0 Å². The van der Waals surface area contributed by atoms with Crippen molar-refractivity contribution in [1.82, 2.24) is 4.31 Å². The van der Waals surface area contributed by atoms with E-state index in [0.29, 0.717) is 0 Å². The summed E-state index contributed by atoms with van der Waals surface area (Å²) in [7, 11) is 0. The van der Waals surface area contributed by atoms with Crippen LogP contribution in [0, 0.1) is 0 Å². The fourth-order valence-corrected chi connectivity index (χ4v) is 2.05. The second kappa shape index (κ2) is 4.95. The van der Waals surface area contributed by atoms with Gasteiger partial charge in [0.15, 0.2) is 0 Å². The van der Waals surface area contributed by atoms with Crippen LogP contribution in [0.3, 0.4) is 0 Å². The van der Waals surface area contributed by atoms with Crippen LogP contribution in [-0.2, 0) is 9.59 Å². The molecule has 0 aromatic heterocycles. The van der Waals surface area contributed by atoms with Gasteiger partial charge in [-0.1, -0.05) is 0 Å². The van der Waals surface area contributed by atoms with Gasteiger partial charge in [-0.2, -0.15) is 39.5 Å². The zero-order valence-corrected chi connectivity index (χ0v) is 10.3. The van der Waals surface area contributed by atoms with Crippen LogP contribution < -0.4 is 0 Å². The fourth-order valence-electron chi connectivity index (χ4n) is 1.19. The molecule has 0 atom stereocenters. The Morgan fingerprint density at radius 1 is 0.762 bits per heavy atom. The molecule has 0 spiro atoms. The Labute approximate surface area is 114 Å². The third-order valence-corrected chi connectivity index (χ3v) is 3.40. The Bertz CT molecular complexity index is 445. The summed E-state index contributed by atoms with van der Waals surface area (Å²) in [5.41, 5.74) is 0. The van der Waals surface area contributed by atoms with Gasteiger partial charge in [-0.15, -0.1) is 0 Å². The van der Waals surface area contributed by atoms with Crippen LogP contribution in [0.1, 0.15) is 12.8 Å². The van der Waals surface area contributed by atoms with Crippen molar-refractivity contribution in [3.8, 4) is 0 Å². The molecule has 21 heavy (non-hydrogen) atoms. The Kier molecular flexibility index (Phi) is 4.22. The summed E-state index contributed by atoms with van der Waals surface area (Å²) < 4.78 is 112. The quantitative estimate of drug-likeness (QED) is 0.444. The van der Waals surface area contributed by atoms with Crippen molar-refractivity contribution in [2.45, 2.75) is 36.1 Å². The molecule has 1 fully saturated rings. The number of hydrogen-bond donors (Lipinski definition) is 0. The number of rotatable bonds is 4. The summed E-state index contributed by atoms with van der Waals surface area (Å²) >= 11 is -1.65. The Morgan fingerprint density at radius 3 is 1.48 bits per heavy atom. The molecule has 2 amide bonds. The second-order valence-electron chi connectivity index (χ2n) is 3.84. The van der Waals surface area contributed by atoms with Crippen LogP contribution in [0.4, 0.5) is 39.5 Å². The predicted octanol–water partition coefficient (Wildman–Crippen LogP) is 3.21. The topological polar surface area (TPSA) is 37.4 Å². The first-order chi connectivity index (χ1) is 9.15. The van der Waals surface area contributed by atoms with Crippen molar-refractivity contribution in [1.29, 1.82) is 0 Å². The van der Waals surface area contributed by atoms with E-state index in [1.807, 2.05) is 0 Å². The number of amides is 2. The van der Waals surface area contributed by atoms with Crippen LogP contribution in [0.15, 0.2) is 0 Å². The van der Waals surface area contributed by atoms with E-state index in [1.54, 1.807) is 0 Å². The smallest absolute Gasteiger partial charge is 0.273 e. The number of carbonyl (C=O) groups excluding carboxylic acids is 2. The third kappa shape index (κ3) is 2.79. The Hall–Kier alpha value is -1.14.